The van der Waals surface area contributed by atoms with Crippen LogP contribution >= 0.6 is 0 Å². The number of hydrogen-bond acceptors (Lipinski definition) is 4. The highest BCUT2D eigenvalue weighted by Gasteiger charge is 2.33. The summed E-state index contributed by atoms with van der Waals surface area (Å²) in [6.07, 6.45) is 5.40. The van der Waals surface area contributed by atoms with Gasteiger partial charge in [0.25, 0.3) is 0 Å². The first-order valence-corrected chi connectivity index (χ1v) is 8.84. The molecule has 0 spiro atoms. The maximum Gasteiger partial charge on any atom is 0.240 e. The molecule has 3 rings (SSSR count). The molecule has 5 heteroatoms. The van der Waals surface area contributed by atoms with Crippen molar-refractivity contribution in [1.82, 2.24) is 14.8 Å². The summed E-state index contributed by atoms with van der Waals surface area (Å²) in [6.45, 7) is 2.53. The molecule has 0 aliphatic carbocycles. The number of benzene rings is 1. The first kappa shape index (κ1) is 17.6. The van der Waals surface area contributed by atoms with Crippen LogP contribution in [0.5, 0.6) is 0 Å². The van der Waals surface area contributed by atoms with E-state index in [9.17, 15) is 9.90 Å². The number of rotatable bonds is 7. The molecular weight excluding hydrogens is 314 g/mol. The van der Waals surface area contributed by atoms with E-state index in [1.807, 2.05) is 30.3 Å². The Labute approximate surface area is 148 Å². The van der Waals surface area contributed by atoms with E-state index in [1.54, 1.807) is 17.3 Å². The molecule has 1 unspecified atom stereocenters. The van der Waals surface area contributed by atoms with Gasteiger partial charge in [0, 0.05) is 32.0 Å². The van der Waals surface area contributed by atoms with Gasteiger partial charge in [-0.1, -0.05) is 36.4 Å². The fraction of sp³-hybridized carbons (Fsp3) is 0.400. The summed E-state index contributed by atoms with van der Waals surface area (Å²) >= 11 is 0. The molecule has 25 heavy (non-hydrogen) atoms. The summed E-state index contributed by atoms with van der Waals surface area (Å²) in [6, 6.07) is 14.0. The largest absolute Gasteiger partial charge is 0.395 e. The second kappa shape index (κ2) is 8.74. The minimum atomic E-state index is -0.108. The maximum atomic E-state index is 13.1. The third-order valence-corrected chi connectivity index (χ3v) is 4.66. The molecule has 0 bridgehead atoms. The SMILES string of the molecule is O=C(C1CCCN1Cc1ccccc1)N(CCO)Cc1cccnc1. The summed E-state index contributed by atoms with van der Waals surface area (Å²) in [5.41, 5.74) is 2.21. The first-order chi connectivity index (χ1) is 12.3. The number of aliphatic hydroxyl groups excluding tert-OH is 1. The lowest BCUT2D eigenvalue weighted by molar-refractivity contribution is -0.137. The van der Waals surface area contributed by atoms with Crippen LogP contribution in [0.15, 0.2) is 54.9 Å². The monoisotopic (exact) mass is 339 g/mol. The number of nitrogens with zero attached hydrogens (tertiary/aromatic N) is 3. The molecule has 132 valence electrons. The van der Waals surface area contributed by atoms with Crippen molar-refractivity contribution in [2.75, 3.05) is 19.7 Å². The van der Waals surface area contributed by atoms with Gasteiger partial charge in [-0.05, 0) is 36.6 Å². The smallest absolute Gasteiger partial charge is 0.240 e. The minimum Gasteiger partial charge on any atom is -0.395 e. The van der Waals surface area contributed by atoms with Crippen LogP contribution in [0.3, 0.4) is 0 Å². The zero-order valence-corrected chi connectivity index (χ0v) is 14.4. The molecule has 1 amide bonds. The van der Waals surface area contributed by atoms with Gasteiger partial charge in [-0.3, -0.25) is 14.7 Å². The molecule has 1 aromatic carbocycles. The average Bonchev–Trinajstić information content (AvgIpc) is 3.10. The molecule has 1 aliphatic heterocycles. The van der Waals surface area contributed by atoms with Crippen molar-refractivity contribution < 1.29 is 9.90 Å². The number of carbonyl (C=O) groups is 1. The lowest BCUT2D eigenvalue weighted by Crippen LogP contribution is -2.46. The van der Waals surface area contributed by atoms with E-state index in [4.69, 9.17) is 0 Å². The molecule has 1 atom stereocenters. The van der Waals surface area contributed by atoms with Crippen molar-refractivity contribution in [2.45, 2.75) is 32.0 Å². The fourth-order valence-corrected chi connectivity index (χ4v) is 3.42. The summed E-state index contributed by atoms with van der Waals surface area (Å²) in [5, 5.41) is 9.38. The Morgan fingerprint density at radius 3 is 2.72 bits per heavy atom. The number of carbonyl (C=O) groups excluding carboxylic acids is 1. The molecule has 1 aromatic heterocycles. The Bertz CT molecular complexity index is 663. The highest BCUT2D eigenvalue weighted by Crippen LogP contribution is 2.22. The number of likely N-dealkylation sites (tertiary alicyclic amines) is 1. The molecule has 5 nitrogen and oxygen atoms in total. The van der Waals surface area contributed by atoms with Gasteiger partial charge in [0.1, 0.15) is 0 Å². The van der Waals surface area contributed by atoms with E-state index in [2.05, 4.69) is 22.0 Å². The number of pyridine rings is 1. The van der Waals surface area contributed by atoms with Gasteiger partial charge in [-0.25, -0.2) is 0 Å². The molecule has 1 saturated heterocycles. The van der Waals surface area contributed by atoms with Crippen LogP contribution in [0.25, 0.3) is 0 Å². The summed E-state index contributed by atoms with van der Waals surface area (Å²) < 4.78 is 0. The van der Waals surface area contributed by atoms with Crippen LogP contribution in [-0.4, -0.2) is 51.5 Å². The average molecular weight is 339 g/mol. The van der Waals surface area contributed by atoms with Crippen LogP contribution in [0.2, 0.25) is 0 Å². The highest BCUT2D eigenvalue weighted by atomic mass is 16.3. The zero-order chi connectivity index (χ0) is 17.5. The van der Waals surface area contributed by atoms with E-state index >= 15 is 0 Å². The number of aliphatic hydroxyl groups is 1. The Hall–Kier alpha value is -2.24. The van der Waals surface area contributed by atoms with Crippen LogP contribution in [0.4, 0.5) is 0 Å². The predicted molar refractivity (Wildman–Crippen MR) is 96.6 cm³/mol. The van der Waals surface area contributed by atoms with Crippen molar-refractivity contribution in [3.05, 3.63) is 66.0 Å². The maximum absolute atomic E-state index is 13.1. The summed E-state index contributed by atoms with van der Waals surface area (Å²) in [5.74, 6) is 0.103. The van der Waals surface area contributed by atoms with Gasteiger partial charge in [0.05, 0.1) is 12.6 Å². The lowest BCUT2D eigenvalue weighted by Gasteiger charge is -2.30. The summed E-state index contributed by atoms with van der Waals surface area (Å²) in [7, 11) is 0. The fourth-order valence-electron chi connectivity index (χ4n) is 3.42. The third kappa shape index (κ3) is 4.65. The minimum absolute atomic E-state index is 0.0303. The van der Waals surface area contributed by atoms with Gasteiger partial charge in [-0.2, -0.15) is 0 Å². The molecule has 1 N–H and O–H groups in total. The van der Waals surface area contributed by atoms with E-state index in [-0.39, 0.29) is 18.6 Å². The predicted octanol–water partition coefficient (Wildman–Crippen LogP) is 2.07. The van der Waals surface area contributed by atoms with Crippen molar-refractivity contribution in [1.29, 1.82) is 0 Å². The molecule has 1 aliphatic rings. The second-order valence-corrected chi connectivity index (χ2v) is 6.46. The van der Waals surface area contributed by atoms with Gasteiger partial charge in [0.15, 0.2) is 0 Å². The zero-order valence-electron chi connectivity index (χ0n) is 14.4. The van der Waals surface area contributed by atoms with Crippen molar-refractivity contribution in [2.24, 2.45) is 0 Å². The first-order valence-electron chi connectivity index (χ1n) is 8.84. The van der Waals surface area contributed by atoms with Crippen molar-refractivity contribution >= 4 is 5.91 Å². The molecule has 2 heterocycles. The Morgan fingerprint density at radius 2 is 2.00 bits per heavy atom. The third-order valence-electron chi connectivity index (χ3n) is 4.66. The molecular formula is C20H25N3O2. The van der Waals surface area contributed by atoms with Gasteiger partial charge in [-0.15, -0.1) is 0 Å². The highest BCUT2D eigenvalue weighted by molar-refractivity contribution is 5.82. The van der Waals surface area contributed by atoms with Crippen LogP contribution in [0.1, 0.15) is 24.0 Å². The van der Waals surface area contributed by atoms with Crippen molar-refractivity contribution in [3.8, 4) is 0 Å². The quantitative estimate of drug-likeness (QED) is 0.839. The van der Waals surface area contributed by atoms with Crippen LogP contribution in [-0.2, 0) is 17.9 Å². The van der Waals surface area contributed by atoms with E-state index in [0.717, 1.165) is 31.5 Å². The topological polar surface area (TPSA) is 56.7 Å². The Balaban J connectivity index is 1.69. The van der Waals surface area contributed by atoms with Gasteiger partial charge >= 0.3 is 0 Å². The number of hydrogen-bond donors (Lipinski definition) is 1. The van der Waals surface area contributed by atoms with Crippen molar-refractivity contribution in [3.63, 3.8) is 0 Å². The van der Waals surface area contributed by atoms with E-state index in [0.29, 0.717) is 13.1 Å². The second-order valence-electron chi connectivity index (χ2n) is 6.46. The molecule has 0 radical (unpaired) electrons. The molecule has 2 aromatic rings. The van der Waals surface area contributed by atoms with E-state index in [1.165, 1.54) is 5.56 Å². The number of amides is 1. The lowest BCUT2D eigenvalue weighted by atomic mass is 10.1. The molecule has 0 saturated carbocycles. The molecule has 1 fully saturated rings. The van der Waals surface area contributed by atoms with Gasteiger partial charge < -0.3 is 10.0 Å². The Morgan fingerprint density at radius 1 is 1.20 bits per heavy atom. The number of aromatic nitrogens is 1. The van der Waals surface area contributed by atoms with Crippen LogP contribution in [0, 0.1) is 0 Å². The standard InChI is InChI=1S/C20H25N3O2/c24-13-12-23(16-18-8-4-10-21-14-18)20(25)19-9-5-11-22(19)15-17-6-2-1-3-7-17/h1-4,6-8,10,14,19,24H,5,9,11-13,15-16H2. The Kier molecular flexibility index (Phi) is 6.14. The van der Waals surface area contributed by atoms with Gasteiger partial charge in [0.2, 0.25) is 5.91 Å². The normalized spacial score (nSPS) is 17.6. The summed E-state index contributed by atoms with van der Waals surface area (Å²) in [4.78, 5) is 21.2. The van der Waals surface area contributed by atoms with Crippen LogP contribution < -0.4 is 0 Å². The van der Waals surface area contributed by atoms with E-state index < -0.39 is 0 Å².